The molecular formula is C20H20N6O2S. The number of anilines is 1. The number of thioether (sulfide) groups is 1. The van der Waals surface area contributed by atoms with E-state index in [-0.39, 0.29) is 17.6 Å². The van der Waals surface area contributed by atoms with Crippen molar-refractivity contribution < 1.29 is 9.53 Å². The summed E-state index contributed by atoms with van der Waals surface area (Å²) >= 11 is 1.27. The number of amidine groups is 1. The number of aromatic amines is 1. The Kier molecular flexibility index (Phi) is 5.39. The van der Waals surface area contributed by atoms with Crippen molar-refractivity contribution in [1.82, 2.24) is 10.3 Å². The number of para-hydroxylation sites is 1. The van der Waals surface area contributed by atoms with Crippen molar-refractivity contribution in [2.24, 2.45) is 15.7 Å². The van der Waals surface area contributed by atoms with Crippen LogP contribution in [0.25, 0.3) is 10.9 Å². The third-order valence-electron chi connectivity index (χ3n) is 4.35. The van der Waals surface area contributed by atoms with E-state index in [1.54, 1.807) is 31.4 Å². The van der Waals surface area contributed by atoms with Crippen LogP contribution >= 0.6 is 11.8 Å². The Morgan fingerprint density at radius 2 is 2.00 bits per heavy atom. The number of guanidine groups is 1. The summed E-state index contributed by atoms with van der Waals surface area (Å²) in [6, 6.07) is 15.1. The number of hydrogen-bond acceptors (Lipinski definition) is 7. The highest BCUT2D eigenvalue weighted by molar-refractivity contribution is 8.14. The molecule has 29 heavy (non-hydrogen) atoms. The molecule has 0 unspecified atom stereocenters. The summed E-state index contributed by atoms with van der Waals surface area (Å²) in [6.45, 7) is 0. The number of hydrogen-bond donors (Lipinski definition) is 4. The van der Waals surface area contributed by atoms with Crippen molar-refractivity contribution >= 4 is 45.4 Å². The Balaban J connectivity index is 1.42. The number of amides is 1. The third-order valence-corrected chi connectivity index (χ3v) is 5.24. The van der Waals surface area contributed by atoms with Gasteiger partial charge in [-0.05, 0) is 30.3 Å². The average molecular weight is 408 g/mol. The molecule has 0 fully saturated rings. The summed E-state index contributed by atoms with van der Waals surface area (Å²) in [5, 5.41) is 7.36. The summed E-state index contributed by atoms with van der Waals surface area (Å²) < 4.78 is 5.11. The van der Waals surface area contributed by atoms with Crippen LogP contribution in [0.2, 0.25) is 0 Å². The quantitative estimate of drug-likeness (QED) is 0.518. The summed E-state index contributed by atoms with van der Waals surface area (Å²) in [5.74, 6) is 1.05. The second-order valence-electron chi connectivity index (χ2n) is 6.30. The molecule has 1 aliphatic heterocycles. The molecule has 0 saturated carbocycles. The van der Waals surface area contributed by atoms with E-state index in [2.05, 4.69) is 25.6 Å². The minimum atomic E-state index is -0.459. The van der Waals surface area contributed by atoms with Gasteiger partial charge in [0.05, 0.1) is 12.9 Å². The fourth-order valence-corrected chi connectivity index (χ4v) is 3.66. The number of methoxy groups -OCH3 is 1. The van der Waals surface area contributed by atoms with Gasteiger partial charge in [0, 0.05) is 28.4 Å². The lowest BCUT2D eigenvalue weighted by Gasteiger charge is -2.18. The number of ether oxygens (including phenoxy) is 1. The zero-order valence-corrected chi connectivity index (χ0v) is 16.5. The van der Waals surface area contributed by atoms with E-state index in [4.69, 9.17) is 10.5 Å². The number of nitrogens with zero attached hydrogens (tertiary/aromatic N) is 2. The Morgan fingerprint density at radius 1 is 1.21 bits per heavy atom. The average Bonchev–Trinajstić information content (AvgIpc) is 3.17. The first kappa shape index (κ1) is 18.9. The number of carbonyl (C=O) groups excluding carboxylic acids is 1. The lowest BCUT2D eigenvalue weighted by Crippen LogP contribution is -2.39. The molecule has 0 radical (unpaired) electrons. The van der Waals surface area contributed by atoms with Gasteiger partial charge in [-0.2, -0.15) is 0 Å². The molecule has 1 aromatic heterocycles. The van der Waals surface area contributed by atoms with Gasteiger partial charge in [0.25, 0.3) is 0 Å². The smallest absolute Gasteiger partial charge is 0.234 e. The number of benzene rings is 2. The minimum absolute atomic E-state index is 0.144. The fourth-order valence-electron chi connectivity index (χ4n) is 2.97. The molecule has 148 valence electrons. The first-order valence-electron chi connectivity index (χ1n) is 8.93. The molecule has 1 amide bonds. The van der Waals surface area contributed by atoms with E-state index in [1.165, 1.54) is 11.8 Å². The van der Waals surface area contributed by atoms with Gasteiger partial charge in [0.1, 0.15) is 5.75 Å². The Hall–Kier alpha value is -3.46. The molecule has 0 saturated heterocycles. The topological polar surface area (TPSA) is 117 Å². The molecule has 1 atom stereocenters. The number of nitrogens with two attached hydrogens (primary N) is 1. The standard InChI is InChI=1S/C20H20N6O2S/c1-28-13-8-6-12(7-9-13)23-17(27)11-29-20-25-18(24-19(21)26-20)15-10-22-16-5-3-2-4-14(15)16/h2-10,18,22H,11H2,1H3,(H,23,27)(H3,21,24,25,26)/t18-/m1/s1. The van der Waals surface area contributed by atoms with Gasteiger partial charge in [0.2, 0.25) is 5.91 Å². The van der Waals surface area contributed by atoms with Gasteiger partial charge in [0.15, 0.2) is 17.3 Å². The third kappa shape index (κ3) is 4.35. The van der Waals surface area contributed by atoms with Crippen LogP contribution in [-0.2, 0) is 4.79 Å². The lowest BCUT2D eigenvalue weighted by atomic mass is 10.1. The van der Waals surface area contributed by atoms with Crippen LogP contribution in [0.15, 0.2) is 64.7 Å². The Morgan fingerprint density at radius 3 is 2.79 bits per heavy atom. The number of rotatable bonds is 5. The van der Waals surface area contributed by atoms with Crippen molar-refractivity contribution in [3.05, 3.63) is 60.3 Å². The number of fused-ring (bicyclic) bond motifs is 1. The molecule has 1 aliphatic rings. The minimum Gasteiger partial charge on any atom is -0.497 e. The lowest BCUT2D eigenvalue weighted by molar-refractivity contribution is -0.113. The summed E-state index contributed by atoms with van der Waals surface area (Å²) in [5.41, 5.74) is 8.59. The van der Waals surface area contributed by atoms with Crippen molar-refractivity contribution in [1.29, 1.82) is 0 Å². The Labute approximate surface area is 171 Å². The largest absolute Gasteiger partial charge is 0.497 e. The predicted octanol–water partition coefficient (Wildman–Crippen LogP) is 2.82. The molecule has 3 aromatic rings. The maximum Gasteiger partial charge on any atom is 0.234 e. The number of H-pyrrole nitrogens is 1. The van der Waals surface area contributed by atoms with Crippen molar-refractivity contribution in [3.63, 3.8) is 0 Å². The summed E-state index contributed by atoms with van der Waals surface area (Å²) in [4.78, 5) is 24.5. The molecule has 0 aliphatic carbocycles. The monoisotopic (exact) mass is 408 g/mol. The number of nitrogens with one attached hydrogen (secondary N) is 3. The van der Waals surface area contributed by atoms with E-state index < -0.39 is 6.17 Å². The van der Waals surface area contributed by atoms with E-state index in [0.717, 1.165) is 22.2 Å². The van der Waals surface area contributed by atoms with Crippen LogP contribution in [0.1, 0.15) is 11.7 Å². The number of carbonyl (C=O) groups is 1. The molecule has 9 heteroatoms. The number of aliphatic imine (C=N–C) groups is 2. The van der Waals surface area contributed by atoms with Crippen LogP contribution < -0.4 is 21.1 Å². The SMILES string of the molecule is COc1ccc(NC(=O)CSC2=N[C@H](c3c[nH]c4ccccc34)N=C(N)N2)cc1. The number of aromatic nitrogens is 1. The first-order valence-corrected chi connectivity index (χ1v) is 9.92. The van der Waals surface area contributed by atoms with Gasteiger partial charge < -0.3 is 26.1 Å². The highest BCUT2D eigenvalue weighted by atomic mass is 32.2. The van der Waals surface area contributed by atoms with Crippen LogP contribution in [0, 0.1) is 0 Å². The van der Waals surface area contributed by atoms with Gasteiger partial charge in [-0.1, -0.05) is 30.0 Å². The maximum absolute atomic E-state index is 12.3. The van der Waals surface area contributed by atoms with Crippen molar-refractivity contribution in [2.75, 3.05) is 18.2 Å². The fraction of sp³-hybridized carbons (Fsp3) is 0.150. The first-order chi connectivity index (χ1) is 14.1. The molecule has 8 nitrogen and oxygen atoms in total. The van der Waals surface area contributed by atoms with Gasteiger partial charge in [-0.25, -0.2) is 9.98 Å². The van der Waals surface area contributed by atoms with Crippen LogP contribution in [0.5, 0.6) is 5.75 Å². The molecule has 0 spiro atoms. The van der Waals surface area contributed by atoms with E-state index in [1.807, 2.05) is 30.5 Å². The molecule has 5 N–H and O–H groups in total. The zero-order valence-electron chi connectivity index (χ0n) is 15.7. The van der Waals surface area contributed by atoms with E-state index in [0.29, 0.717) is 10.9 Å². The normalized spacial score (nSPS) is 16.0. The van der Waals surface area contributed by atoms with Gasteiger partial charge in [-0.15, -0.1) is 0 Å². The van der Waals surface area contributed by atoms with Crippen LogP contribution in [0.3, 0.4) is 0 Å². The summed E-state index contributed by atoms with van der Waals surface area (Å²) in [7, 11) is 1.60. The molecular weight excluding hydrogens is 388 g/mol. The molecule has 2 aromatic carbocycles. The van der Waals surface area contributed by atoms with Gasteiger partial charge >= 0.3 is 0 Å². The van der Waals surface area contributed by atoms with E-state index >= 15 is 0 Å². The van der Waals surface area contributed by atoms with Crippen molar-refractivity contribution in [2.45, 2.75) is 6.17 Å². The van der Waals surface area contributed by atoms with E-state index in [9.17, 15) is 4.79 Å². The van der Waals surface area contributed by atoms with Gasteiger partial charge in [-0.3, -0.25) is 4.79 Å². The predicted molar refractivity (Wildman–Crippen MR) is 117 cm³/mol. The van der Waals surface area contributed by atoms with Crippen LogP contribution in [-0.4, -0.2) is 34.9 Å². The molecule has 0 bridgehead atoms. The molecule has 2 heterocycles. The second kappa shape index (κ2) is 8.27. The second-order valence-corrected chi connectivity index (χ2v) is 7.27. The Bertz CT molecular complexity index is 1090. The summed E-state index contributed by atoms with van der Waals surface area (Å²) in [6.07, 6.45) is 1.43. The maximum atomic E-state index is 12.3. The zero-order chi connectivity index (χ0) is 20.2. The highest BCUT2D eigenvalue weighted by Gasteiger charge is 2.20. The van der Waals surface area contributed by atoms with Crippen LogP contribution in [0.4, 0.5) is 5.69 Å². The highest BCUT2D eigenvalue weighted by Crippen LogP contribution is 2.29. The molecule has 4 rings (SSSR count). The van der Waals surface area contributed by atoms with Crippen molar-refractivity contribution in [3.8, 4) is 5.75 Å².